The molecule has 0 aromatic heterocycles. The van der Waals surface area contributed by atoms with Gasteiger partial charge in [-0.25, -0.2) is 0 Å². The number of nitrogens with two attached hydrogens (primary N) is 1. The van der Waals surface area contributed by atoms with E-state index in [1.54, 1.807) is 0 Å². The van der Waals surface area contributed by atoms with Gasteiger partial charge in [0.1, 0.15) is 0 Å². The molecule has 0 spiro atoms. The average Bonchev–Trinajstić information content (AvgIpc) is 2.47. The molecule has 1 saturated carbocycles. The van der Waals surface area contributed by atoms with E-state index in [-0.39, 0.29) is 6.61 Å². The first-order valence-corrected chi connectivity index (χ1v) is 8.33. The van der Waals surface area contributed by atoms with Crippen molar-refractivity contribution in [3.63, 3.8) is 0 Å². The smallest absolute Gasteiger partial charge is 0.222 e. The van der Waals surface area contributed by atoms with Crippen LogP contribution in [0.4, 0.5) is 0 Å². The first-order valence-electron chi connectivity index (χ1n) is 8.33. The molecule has 4 heteroatoms. The van der Waals surface area contributed by atoms with Crippen LogP contribution in [0.3, 0.4) is 0 Å². The molecule has 2 aliphatic rings. The molecule has 1 unspecified atom stereocenters. The van der Waals surface area contributed by atoms with Gasteiger partial charge in [-0.1, -0.05) is 0 Å². The molecule has 2 fully saturated rings. The van der Waals surface area contributed by atoms with Crippen molar-refractivity contribution in [2.45, 2.75) is 63.8 Å². The minimum atomic E-state index is 0.245. The van der Waals surface area contributed by atoms with Gasteiger partial charge in [0, 0.05) is 32.2 Å². The van der Waals surface area contributed by atoms with Crippen LogP contribution < -0.4 is 5.73 Å². The van der Waals surface area contributed by atoms with Gasteiger partial charge in [-0.2, -0.15) is 0 Å². The number of aliphatic hydroxyl groups excluding tert-OH is 1. The third-order valence-corrected chi connectivity index (χ3v) is 5.07. The van der Waals surface area contributed by atoms with E-state index in [0.29, 0.717) is 30.2 Å². The van der Waals surface area contributed by atoms with Crippen LogP contribution in [-0.2, 0) is 4.79 Å². The van der Waals surface area contributed by atoms with Gasteiger partial charge in [-0.05, 0) is 63.2 Å². The van der Waals surface area contributed by atoms with Gasteiger partial charge < -0.3 is 15.7 Å². The third kappa shape index (κ3) is 4.74. The summed E-state index contributed by atoms with van der Waals surface area (Å²) >= 11 is 0. The first-order chi connectivity index (χ1) is 9.69. The normalized spacial score (nSPS) is 31.3. The standard InChI is InChI=1S/C16H30N2O2/c17-15-6-3-13(4-7-15)5-8-16(20)18-10-1-2-14(12-18)9-11-19/h13-15,19H,1-12,17H2. The van der Waals surface area contributed by atoms with Crippen molar-refractivity contribution in [1.82, 2.24) is 4.90 Å². The Morgan fingerprint density at radius 1 is 1.10 bits per heavy atom. The number of rotatable bonds is 5. The SMILES string of the molecule is NC1CCC(CCC(=O)N2CCCC(CCO)C2)CC1. The molecule has 1 heterocycles. The second kappa shape index (κ2) is 7.99. The molecule has 0 bridgehead atoms. The van der Waals surface area contributed by atoms with E-state index >= 15 is 0 Å². The van der Waals surface area contributed by atoms with Crippen LogP contribution in [0.5, 0.6) is 0 Å². The zero-order valence-corrected chi connectivity index (χ0v) is 12.6. The number of nitrogens with zero attached hydrogens (tertiary/aromatic N) is 1. The fourth-order valence-electron chi connectivity index (χ4n) is 3.67. The molecule has 3 N–H and O–H groups in total. The van der Waals surface area contributed by atoms with Crippen molar-refractivity contribution in [2.75, 3.05) is 19.7 Å². The van der Waals surface area contributed by atoms with E-state index in [4.69, 9.17) is 10.8 Å². The lowest BCUT2D eigenvalue weighted by atomic mass is 9.83. The topological polar surface area (TPSA) is 66.6 Å². The number of hydrogen-bond acceptors (Lipinski definition) is 3. The second-order valence-electron chi connectivity index (χ2n) is 6.68. The maximum Gasteiger partial charge on any atom is 0.222 e. The molecule has 1 saturated heterocycles. The van der Waals surface area contributed by atoms with E-state index in [1.165, 1.54) is 12.8 Å². The quantitative estimate of drug-likeness (QED) is 0.809. The van der Waals surface area contributed by atoms with Crippen LogP contribution >= 0.6 is 0 Å². The Morgan fingerprint density at radius 2 is 1.85 bits per heavy atom. The molecular weight excluding hydrogens is 252 g/mol. The van der Waals surface area contributed by atoms with Crippen LogP contribution in [0.2, 0.25) is 0 Å². The molecule has 0 aromatic rings. The molecule has 20 heavy (non-hydrogen) atoms. The van der Waals surface area contributed by atoms with E-state index in [0.717, 1.165) is 51.6 Å². The molecule has 116 valence electrons. The van der Waals surface area contributed by atoms with Crippen molar-refractivity contribution in [3.05, 3.63) is 0 Å². The van der Waals surface area contributed by atoms with Gasteiger partial charge in [-0.15, -0.1) is 0 Å². The molecule has 1 aliphatic carbocycles. The maximum atomic E-state index is 12.3. The molecule has 4 nitrogen and oxygen atoms in total. The van der Waals surface area contributed by atoms with E-state index in [1.807, 2.05) is 4.90 Å². The molecule has 2 rings (SSSR count). The van der Waals surface area contributed by atoms with Gasteiger partial charge in [-0.3, -0.25) is 4.79 Å². The van der Waals surface area contributed by atoms with Crippen molar-refractivity contribution in [3.8, 4) is 0 Å². The number of piperidine rings is 1. The lowest BCUT2D eigenvalue weighted by molar-refractivity contribution is -0.133. The number of carbonyl (C=O) groups excluding carboxylic acids is 1. The predicted molar refractivity (Wildman–Crippen MR) is 80.2 cm³/mol. The zero-order chi connectivity index (χ0) is 14.4. The lowest BCUT2D eigenvalue weighted by Gasteiger charge is -2.33. The van der Waals surface area contributed by atoms with Crippen molar-refractivity contribution in [1.29, 1.82) is 0 Å². The molecule has 0 radical (unpaired) electrons. The Kier molecular flexibility index (Phi) is 6.30. The molecular formula is C16H30N2O2. The number of carbonyl (C=O) groups is 1. The van der Waals surface area contributed by atoms with Crippen LogP contribution in [0, 0.1) is 11.8 Å². The highest BCUT2D eigenvalue weighted by molar-refractivity contribution is 5.76. The van der Waals surface area contributed by atoms with Crippen LogP contribution in [0.1, 0.15) is 57.8 Å². The monoisotopic (exact) mass is 282 g/mol. The highest BCUT2D eigenvalue weighted by atomic mass is 16.3. The summed E-state index contributed by atoms with van der Waals surface area (Å²) in [6.07, 6.45) is 9.47. The summed E-state index contributed by atoms with van der Waals surface area (Å²) in [6, 6.07) is 0.392. The Morgan fingerprint density at radius 3 is 2.55 bits per heavy atom. The largest absolute Gasteiger partial charge is 0.396 e. The Bertz CT molecular complexity index is 299. The summed E-state index contributed by atoms with van der Waals surface area (Å²) < 4.78 is 0. The van der Waals surface area contributed by atoms with Crippen LogP contribution in [0.15, 0.2) is 0 Å². The summed E-state index contributed by atoms with van der Waals surface area (Å²) in [5, 5.41) is 9.02. The summed E-state index contributed by atoms with van der Waals surface area (Å²) in [4.78, 5) is 14.3. The summed E-state index contributed by atoms with van der Waals surface area (Å²) in [5.74, 6) is 1.53. The molecule has 1 amide bonds. The summed E-state index contributed by atoms with van der Waals surface area (Å²) in [6.45, 7) is 2.01. The fraction of sp³-hybridized carbons (Fsp3) is 0.938. The molecule has 1 aliphatic heterocycles. The van der Waals surface area contributed by atoms with Crippen LogP contribution in [0.25, 0.3) is 0 Å². The average molecular weight is 282 g/mol. The van der Waals surface area contributed by atoms with Crippen molar-refractivity contribution in [2.24, 2.45) is 17.6 Å². The predicted octanol–water partition coefficient (Wildman–Crippen LogP) is 1.91. The van der Waals surface area contributed by atoms with E-state index < -0.39 is 0 Å². The van der Waals surface area contributed by atoms with Gasteiger partial charge in [0.25, 0.3) is 0 Å². The highest BCUT2D eigenvalue weighted by Gasteiger charge is 2.24. The van der Waals surface area contributed by atoms with Gasteiger partial charge in [0.15, 0.2) is 0 Å². The minimum Gasteiger partial charge on any atom is -0.396 e. The Labute approximate surface area is 122 Å². The number of hydrogen-bond donors (Lipinski definition) is 2. The van der Waals surface area contributed by atoms with Crippen molar-refractivity contribution >= 4 is 5.91 Å². The van der Waals surface area contributed by atoms with E-state index in [9.17, 15) is 4.79 Å². The summed E-state index contributed by atoms with van der Waals surface area (Å²) in [7, 11) is 0. The molecule has 1 atom stereocenters. The second-order valence-corrected chi connectivity index (χ2v) is 6.68. The van der Waals surface area contributed by atoms with Crippen molar-refractivity contribution < 1.29 is 9.90 Å². The van der Waals surface area contributed by atoms with E-state index in [2.05, 4.69) is 0 Å². The number of likely N-dealkylation sites (tertiary alicyclic amines) is 1. The van der Waals surface area contributed by atoms with Gasteiger partial charge in [0.05, 0.1) is 0 Å². The summed E-state index contributed by atoms with van der Waals surface area (Å²) in [5.41, 5.74) is 5.92. The molecule has 0 aromatic carbocycles. The van der Waals surface area contributed by atoms with Gasteiger partial charge >= 0.3 is 0 Å². The highest BCUT2D eigenvalue weighted by Crippen LogP contribution is 2.27. The van der Waals surface area contributed by atoms with Crippen LogP contribution in [-0.4, -0.2) is 41.7 Å². The zero-order valence-electron chi connectivity index (χ0n) is 12.6. The minimum absolute atomic E-state index is 0.245. The fourth-order valence-corrected chi connectivity index (χ4v) is 3.67. The Hall–Kier alpha value is -0.610. The lowest BCUT2D eigenvalue weighted by Crippen LogP contribution is -2.40. The maximum absolute atomic E-state index is 12.3. The number of amides is 1. The Balaban J connectivity index is 1.68. The van der Waals surface area contributed by atoms with Gasteiger partial charge in [0.2, 0.25) is 5.91 Å². The third-order valence-electron chi connectivity index (χ3n) is 5.07. The number of aliphatic hydroxyl groups is 1. The first kappa shape index (κ1) is 15.8.